The molecule has 0 atom stereocenters. The maximum Gasteiger partial charge on any atom is 0.301 e. The van der Waals surface area contributed by atoms with Gasteiger partial charge in [0.1, 0.15) is 0 Å². The minimum absolute atomic E-state index is 0.0643. The molecule has 1 heterocycles. The summed E-state index contributed by atoms with van der Waals surface area (Å²) in [7, 11) is -0.600. The number of rotatable bonds is 5. The molecule has 1 aliphatic rings. The molecule has 0 saturated heterocycles. The number of carbonyl (C=O) groups is 1. The van der Waals surface area contributed by atoms with E-state index in [1.165, 1.54) is 14.1 Å². The molecular weight excluding hydrogens is 278 g/mol. The number of benzene rings is 1. The first-order valence-electron chi connectivity index (χ1n) is 6.48. The molecule has 0 fully saturated rings. The van der Waals surface area contributed by atoms with E-state index in [-0.39, 0.29) is 5.91 Å². The van der Waals surface area contributed by atoms with Crippen molar-refractivity contribution in [2.45, 2.75) is 19.8 Å². The van der Waals surface area contributed by atoms with E-state index < -0.39 is 10.2 Å². The van der Waals surface area contributed by atoms with Crippen LogP contribution >= 0.6 is 0 Å². The molecule has 0 aliphatic carbocycles. The maximum absolute atomic E-state index is 11.9. The van der Waals surface area contributed by atoms with Crippen LogP contribution < -0.4 is 9.62 Å². The molecule has 0 radical (unpaired) electrons. The van der Waals surface area contributed by atoms with E-state index in [4.69, 9.17) is 0 Å². The van der Waals surface area contributed by atoms with Crippen molar-refractivity contribution in [1.29, 1.82) is 0 Å². The van der Waals surface area contributed by atoms with E-state index in [9.17, 15) is 13.2 Å². The van der Waals surface area contributed by atoms with Gasteiger partial charge in [-0.05, 0) is 30.2 Å². The number of amides is 1. The zero-order valence-corrected chi connectivity index (χ0v) is 12.7. The van der Waals surface area contributed by atoms with E-state index in [0.717, 1.165) is 22.0 Å². The van der Waals surface area contributed by atoms with Gasteiger partial charge < -0.3 is 4.90 Å². The van der Waals surface area contributed by atoms with Gasteiger partial charge in [0, 0.05) is 26.3 Å². The maximum atomic E-state index is 11.9. The van der Waals surface area contributed by atoms with Crippen LogP contribution in [-0.2, 0) is 21.4 Å². The highest BCUT2D eigenvalue weighted by atomic mass is 32.2. The lowest BCUT2D eigenvalue weighted by atomic mass is 10.1. The second kappa shape index (κ2) is 5.41. The van der Waals surface area contributed by atoms with Crippen molar-refractivity contribution in [3.63, 3.8) is 0 Å². The second-order valence-electron chi connectivity index (χ2n) is 4.96. The molecule has 110 valence electrons. The van der Waals surface area contributed by atoms with Gasteiger partial charge in [-0.15, -0.1) is 0 Å². The van der Waals surface area contributed by atoms with Crippen molar-refractivity contribution in [3.8, 4) is 0 Å². The summed E-state index contributed by atoms with van der Waals surface area (Å²) < 4.78 is 27.1. The number of nitrogens with one attached hydrogen (secondary N) is 1. The first kappa shape index (κ1) is 14.8. The van der Waals surface area contributed by atoms with Gasteiger partial charge in [-0.25, -0.2) is 0 Å². The molecule has 1 amide bonds. The van der Waals surface area contributed by atoms with E-state index in [1.807, 2.05) is 6.92 Å². The number of nitrogens with zero attached hydrogens (tertiary/aromatic N) is 2. The van der Waals surface area contributed by atoms with Gasteiger partial charge in [0.25, 0.3) is 0 Å². The van der Waals surface area contributed by atoms with Crippen molar-refractivity contribution in [3.05, 3.63) is 23.8 Å². The highest BCUT2D eigenvalue weighted by Gasteiger charge is 2.27. The van der Waals surface area contributed by atoms with Crippen LogP contribution in [0.1, 0.15) is 18.9 Å². The van der Waals surface area contributed by atoms with Gasteiger partial charge in [-0.1, -0.05) is 6.92 Å². The van der Waals surface area contributed by atoms with Crippen molar-refractivity contribution >= 4 is 27.5 Å². The van der Waals surface area contributed by atoms with Crippen LogP contribution in [-0.4, -0.2) is 39.3 Å². The average Bonchev–Trinajstić information content (AvgIpc) is 2.65. The van der Waals surface area contributed by atoms with Crippen LogP contribution in [0.2, 0.25) is 0 Å². The van der Waals surface area contributed by atoms with Crippen molar-refractivity contribution in [1.82, 2.24) is 4.31 Å². The summed E-state index contributed by atoms with van der Waals surface area (Å²) in [6.07, 6.45) is 1.22. The Balaban J connectivity index is 2.27. The fourth-order valence-electron chi connectivity index (χ4n) is 2.16. The molecule has 0 bridgehead atoms. The Labute approximate surface area is 119 Å². The Bertz CT molecular complexity index is 626. The van der Waals surface area contributed by atoms with Crippen LogP contribution in [0.4, 0.5) is 11.4 Å². The molecule has 1 aromatic carbocycles. The number of fused-ring (bicyclic) bond motifs is 1. The normalized spacial score (nSPS) is 14.8. The SMILES string of the molecule is CCCN1C(=O)Cc2cc(NS(=O)(=O)N(C)C)ccc21. The lowest BCUT2D eigenvalue weighted by Crippen LogP contribution is -2.29. The molecule has 2 rings (SSSR count). The van der Waals surface area contributed by atoms with Gasteiger partial charge >= 0.3 is 10.2 Å². The van der Waals surface area contributed by atoms with E-state index in [2.05, 4.69) is 4.72 Å². The van der Waals surface area contributed by atoms with Gasteiger partial charge in [0.2, 0.25) is 5.91 Å². The smallest absolute Gasteiger partial charge is 0.301 e. The Morgan fingerprint density at radius 3 is 2.65 bits per heavy atom. The molecule has 7 heteroatoms. The fraction of sp³-hybridized carbons (Fsp3) is 0.462. The number of hydrogen-bond acceptors (Lipinski definition) is 3. The van der Waals surface area contributed by atoms with Gasteiger partial charge in [0.05, 0.1) is 12.1 Å². The number of carbonyl (C=O) groups excluding carboxylic acids is 1. The third kappa shape index (κ3) is 2.78. The summed E-state index contributed by atoms with van der Waals surface area (Å²) in [5.74, 6) is 0.0643. The minimum atomic E-state index is -3.52. The number of anilines is 2. The van der Waals surface area contributed by atoms with Gasteiger partial charge in [0.15, 0.2) is 0 Å². The molecule has 0 spiro atoms. The Morgan fingerprint density at radius 1 is 1.35 bits per heavy atom. The Morgan fingerprint density at radius 2 is 2.05 bits per heavy atom. The summed E-state index contributed by atoms with van der Waals surface area (Å²) in [6, 6.07) is 5.20. The van der Waals surface area contributed by atoms with E-state index in [0.29, 0.717) is 18.7 Å². The average molecular weight is 297 g/mol. The van der Waals surface area contributed by atoms with Gasteiger partial charge in [-0.3, -0.25) is 9.52 Å². The van der Waals surface area contributed by atoms with Crippen molar-refractivity contribution < 1.29 is 13.2 Å². The fourth-order valence-corrected chi connectivity index (χ4v) is 2.76. The second-order valence-corrected chi connectivity index (χ2v) is 6.84. The largest absolute Gasteiger partial charge is 0.312 e. The van der Waals surface area contributed by atoms with Crippen molar-refractivity contribution in [2.75, 3.05) is 30.3 Å². The zero-order valence-electron chi connectivity index (χ0n) is 11.9. The molecule has 1 aliphatic heterocycles. The Kier molecular flexibility index (Phi) is 4.01. The summed E-state index contributed by atoms with van der Waals surface area (Å²) >= 11 is 0. The topological polar surface area (TPSA) is 69.7 Å². The molecular formula is C13H19N3O3S. The van der Waals surface area contributed by atoms with Crippen LogP contribution in [0.15, 0.2) is 18.2 Å². The van der Waals surface area contributed by atoms with Crippen LogP contribution in [0.3, 0.4) is 0 Å². The standard InChI is InChI=1S/C13H19N3O3S/c1-4-7-16-12-6-5-11(8-10(12)9-13(16)17)14-20(18,19)15(2)3/h5-6,8,14H,4,7,9H2,1-3H3. The lowest BCUT2D eigenvalue weighted by Gasteiger charge is -2.17. The summed E-state index contributed by atoms with van der Waals surface area (Å²) in [5.41, 5.74) is 2.22. The molecule has 20 heavy (non-hydrogen) atoms. The lowest BCUT2D eigenvalue weighted by molar-refractivity contribution is -0.117. The summed E-state index contributed by atoms with van der Waals surface area (Å²) in [5, 5.41) is 0. The monoisotopic (exact) mass is 297 g/mol. The minimum Gasteiger partial charge on any atom is -0.312 e. The molecule has 0 unspecified atom stereocenters. The number of hydrogen-bond donors (Lipinski definition) is 1. The first-order chi connectivity index (χ1) is 9.35. The highest BCUT2D eigenvalue weighted by Crippen LogP contribution is 2.31. The molecule has 6 nitrogen and oxygen atoms in total. The summed E-state index contributed by atoms with van der Waals surface area (Å²) in [6.45, 7) is 2.71. The zero-order chi connectivity index (χ0) is 14.9. The predicted octanol–water partition coefficient (Wildman–Crippen LogP) is 1.20. The quantitative estimate of drug-likeness (QED) is 0.888. The summed E-state index contributed by atoms with van der Waals surface area (Å²) in [4.78, 5) is 13.7. The third-order valence-electron chi connectivity index (χ3n) is 3.19. The van der Waals surface area contributed by atoms with Crippen LogP contribution in [0, 0.1) is 0 Å². The van der Waals surface area contributed by atoms with E-state index >= 15 is 0 Å². The predicted molar refractivity (Wildman–Crippen MR) is 79.0 cm³/mol. The molecule has 1 aromatic rings. The highest BCUT2D eigenvalue weighted by molar-refractivity contribution is 7.90. The van der Waals surface area contributed by atoms with Crippen LogP contribution in [0.25, 0.3) is 0 Å². The Hall–Kier alpha value is -1.60. The van der Waals surface area contributed by atoms with Gasteiger partial charge in [-0.2, -0.15) is 12.7 Å². The molecule has 0 aromatic heterocycles. The first-order valence-corrected chi connectivity index (χ1v) is 7.92. The van der Waals surface area contributed by atoms with E-state index in [1.54, 1.807) is 23.1 Å². The van der Waals surface area contributed by atoms with Crippen LogP contribution in [0.5, 0.6) is 0 Å². The third-order valence-corrected chi connectivity index (χ3v) is 4.64. The van der Waals surface area contributed by atoms with Crippen molar-refractivity contribution in [2.24, 2.45) is 0 Å². The molecule has 0 saturated carbocycles. The molecule has 1 N–H and O–H groups in total.